The fourth-order valence-electron chi connectivity index (χ4n) is 2.93. The van der Waals surface area contributed by atoms with Crippen LogP contribution in [0, 0.1) is 0 Å². The van der Waals surface area contributed by atoms with Crippen LogP contribution in [0.25, 0.3) is 0 Å². The van der Waals surface area contributed by atoms with Gasteiger partial charge in [0, 0.05) is 18.8 Å². The van der Waals surface area contributed by atoms with Gasteiger partial charge in [0.25, 0.3) is 5.91 Å². The highest BCUT2D eigenvalue weighted by Gasteiger charge is 2.13. The number of carbonyl (C=O) groups excluding carboxylic acids is 1. The van der Waals surface area contributed by atoms with Crippen LogP contribution in [0.15, 0.2) is 36.4 Å². The third-order valence-electron chi connectivity index (χ3n) is 4.43. The Bertz CT molecular complexity index is 659. The zero-order valence-electron chi connectivity index (χ0n) is 14.2. The van der Waals surface area contributed by atoms with Gasteiger partial charge in [-0.2, -0.15) is 0 Å². The van der Waals surface area contributed by atoms with E-state index < -0.39 is 0 Å². The molecule has 1 saturated heterocycles. The topological polar surface area (TPSA) is 58.1 Å². The zero-order valence-corrected chi connectivity index (χ0v) is 14.2. The van der Waals surface area contributed by atoms with Crippen molar-refractivity contribution in [3.8, 4) is 0 Å². The van der Waals surface area contributed by atoms with Gasteiger partial charge >= 0.3 is 0 Å². The number of carbonyl (C=O) groups is 1. The maximum absolute atomic E-state index is 12.3. The molecule has 2 aromatic rings. The first-order chi connectivity index (χ1) is 11.8. The molecule has 1 aliphatic heterocycles. The summed E-state index contributed by atoms with van der Waals surface area (Å²) in [4.78, 5) is 14.5. The molecule has 0 saturated carbocycles. The minimum absolute atomic E-state index is 0.228. The molecule has 0 bridgehead atoms. The monoisotopic (exact) mass is 324 g/mol. The van der Waals surface area contributed by atoms with Crippen LogP contribution in [-0.2, 0) is 6.42 Å². The smallest absolute Gasteiger partial charge is 0.276 e. The summed E-state index contributed by atoms with van der Waals surface area (Å²) in [5.74, 6) is 0.634. The number of nitrogens with zero attached hydrogens (tertiary/aromatic N) is 3. The van der Waals surface area contributed by atoms with Gasteiger partial charge in [-0.15, -0.1) is 10.2 Å². The first-order valence-electron chi connectivity index (χ1n) is 8.75. The van der Waals surface area contributed by atoms with Crippen molar-refractivity contribution >= 4 is 17.4 Å². The molecule has 5 heteroatoms. The third kappa shape index (κ3) is 4.10. The molecule has 1 aromatic carbocycles. The average molecular weight is 324 g/mol. The second kappa shape index (κ2) is 7.90. The molecule has 0 unspecified atom stereocenters. The van der Waals surface area contributed by atoms with E-state index in [1.807, 2.05) is 30.3 Å². The predicted molar refractivity (Wildman–Crippen MR) is 96.5 cm³/mol. The van der Waals surface area contributed by atoms with E-state index in [0.29, 0.717) is 5.69 Å². The van der Waals surface area contributed by atoms with Crippen LogP contribution in [0.5, 0.6) is 0 Å². The van der Waals surface area contributed by atoms with Crippen molar-refractivity contribution in [3.63, 3.8) is 0 Å². The molecular formula is C19H24N4O. The highest BCUT2D eigenvalue weighted by molar-refractivity contribution is 6.02. The van der Waals surface area contributed by atoms with Gasteiger partial charge in [0.05, 0.1) is 0 Å². The highest BCUT2D eigenvalue weighted by atomic mass is 16.1. The van der Waals surface area contributed by atoms with Crippen LogP contribution in [-0.4, -0.2) is 29.2 Å². The third-order valence-corrected chi connectivity index (χ3v) is 4.43. The first-order valence-corrected chi connectivity index (χ1v) is 8.75. The SMILES string of the molecule is CCc1ccc(NC(=O)c2ccc(N3CCCCCC3)nn2)cc1. The number of amides is 1. The van der Waals surface area contributed by atoms with Gasteiger partial charge in [-0.1, -0.05) is 31.9 Å². The fraction of sp³-hybridized carbons (Fsp3) is 0.421. The lowest BCUT2D eigenvalue weighted by Gasteiger charge is -2.20. The Hall–Kier alpha value is -2.43. The Morgan fingerprint density at radius 2 is 1.71 bits per heavy atom. The summed E-state index contributed by atoms with van der Waals surface area (Å²) in [5, 5.41) is 11.2. The van der Waals surface area contributed by atoms with Crippen molar-refractivity contribution in [2.24, 2.45) is 0 Å². The Labute approximate surface area is 143 Å². The quantitative estimate of drug-likeness (QED) is 0.932. The number of anilines is 2. The van der Waals surface area contributed by atoms with Crippen LogP contribution in [0.3, 0.4) is 0 Å². The van der Waals surface area contributed by atoms with E-state index in [1.165, 1.54) is 31.2 Å². The molecular weight excluding hydrogens is 300 g/mol. The lowest BCUT2D eigenvalue weighted by Crippen LogP contribution is -2.25. The Kier molecular flexibility index (Phi) is 5.41. The normalized spacial score (nSPS) is 15.0. The van der Waals surface area contributed by atoms with E-state index in [9.17, 15) is 4.79 Å². The molecule has 3 rings (SSSR count). The van der Waals surface area contributed by atoms with Crippen molar-refractivity contribution in [1.82, 2.24) is 10.2 Å². The second-order valence-corrected chi connectivity index (χ2v) is 6.18. The summed E-state index contributed by atoms with van der Waals surface area (Å²) in [7, 11) is 0. The number of nitrogens with one attached hydrogen (secondary N) is 1. The van der Waals surface area contributed by atoms with Crippen LogP contribution >= 0.6 is 0 Å². The zero-order chi connectivity index (χ0) is 16.8. The largest absolute Gasteiger partial charge is 0.355 e. The summed E-state index contributed by atoms with van der Waals surface area (Å²) < 4.78 is 0. The van der Waals surface area contributed by atoms with E-state index in [-0.39, 0.29) is 5.91 Å². The number of benzene rings is 1. The summed E-state index contributed by atoms with van der Waals surface area (Å²) in [5.41, 5.74) is 2.36. The number of hydrogen-bond acceptors (Lipinski definition) is 4. The molecule has 0 atom stereocenters. The van der Waals surface area contributed by atoms with Gasteiger partial charge in [0.2, 0.25) is 0 Å². The number of rotatable bonds is 4. The van der Waals surface area contributed by atoms with E-state index >= 15 is 0 Å². The molecule has 126 valence electrons. The van der Waals surface area contributed by atoms with Crippen molar-refractivity contribution in [2.75, 3.05) is 23.3 Å². The molecule has 1 aliphatic rings. The molecule has 0 aliphatic carbocycles. The molecule has 24 heavy (non-hydrogen) atoms. The van der Waals surface area contributed by atoms with Crippen molar-refractivity contribution in [3.05, 3.63) is 47.7 Å². The van der Waals surface area contributed by atoms with E-state index in [1.54, 1.807) is 6.07 Å². The highest BCUT2D eigenvalue weighted by Crippen LogP contribution is 2.17. The van der Waals surface area contributed by atoms with Crippen molar-refractivity contribution in [1.29, 1.82) is 0 Å². The van der Waals surface area contributed by atoms with Gasteiger partial charge in [0.15, 0.2) is 11.5 Å². The van der Waals surface area contributed by atoms with Crippen LogP contribution in [0.2, 0.25) is 0 Å². The lowest BCUT2D eigenvalue weighted by molar-refractivity contribution is 0.102. The fourth-order valence-corrected chi connectivity index (χ4v) is 2.93. The summed E-state index contributed by atoms with van der Waals surface area (Å²) in [6.45, 7) is 4.14. The Morgan fingerprint density at radius 3 is 2.29 bits per heavy atom. The Balaban J connectivity index is 1.64. The van der Waals surface area contributed by atoms with E-state index in [2.05, 4.69) is 27.3 Å². The maximum atomic E-state index is 12.3. The minimum atomic E-state index is -0.228. The van der Waals surface area contributed by atoms with Gasteiger partial charge in [-0.3, -0.25) is 4.79 Å². The molecule has 0 spiro atoms. The standard InChI is InChI=1S/C19H24N4O/c1-2-15-7-9-16(10-8-15)20-19(24)17-11-12-18(22-21-17)23-13-5-3-4-6-14-23/h7-12H,2-6,13-14H2,1H3,(H,20,24). The molecule has 1 fully saturated rings. The number of aromatic nitrogens is 2. The van der Waals surface area contributed by atoms with Gasteiger partial charge < -0.3 is 10.2 Å². The van der Waals surface area contributed by atoms with Crippen LogP contribution in [0.4, 0.5) is 11.5 Å². The van der Waals surface area contributed by atoms with Gasteiger partial charge in [0.1, 0.15) is 0 Å². The van der Waals surface area contributed by atoms with Crippen molar-refractivity contribution < 1.29 is 4.79 Å². The molecule has 1 aromatic heterocycles. The molecule has 2 heterocycles. The predicted octanol–water partition coefficient (Wildman–Crippen LogP) is 3.67. The minimum Gasteiger partial charge on any atom is -0.355 e. The van der Waals surface area contributed by atoms with Crippen molar-refractivity contribution in [2.45, 2.75) is 39.0 Å². The Morgan fingerprint density at radius 1 is 1.00 bits per heavy atom. The lowest BCUT2D eigenvalue weighted by atomic mass is 10.1. The van der Waals surface area contributed by atoms with Gasteiger partial charge in [-0.05, 0) is 49.1 Å². The number of aryl methyl sites for hydroxylation is 1. The maximum Gasteiger partial charge on any atom is 0.276 e. The first kappa shape index (κ1) is 16.4. The van der Waals surface area contributed by atoms with Gasteiger partial charge in [-0.25, -0.2) is 0 Å². The summed E-state index contributed by atoms with van der Waals surface area (Å²) >= 11 is 0. The number of hydrogen-bond donors (Lipinski definition) is 1. The second-order valence-electron chi connectivity index (χ2n) is 6.18. The van der Waals surface area contributed by atoms with E-state index in [4.69, 9.17) is 0 Å². The van der Waals surface area contributed by atoms with E-state index in [0.717, 1.165) is 31.0 Å². The molecule has 5 nitrogen and oxygen atoms in total. The average Bonchev–Trinajstić information content (AvgIpc) is 2.92. The molecule has 1 amide bonds. The summed E-state index contributed by atoms with van der Waals surface area (Å²) in [6, 6.07) is 11.5. The summed E-state index contributed by atoms with van der Waals surface area (Å²) in [6.07, 6.45) is 5.93. The van der Waals surface area contributed by atoms with Crippen LogP contribution in [0.1, 0.15) is 48.7 Å². The molecule has 1 N–H and O–H groups in total. The molecule has 0 radical (unpaired) electrons. The van der Waals surface area contributed by atoms with Crippen LogP contribution < -0.4 is 10.2 Å².